The number of ether oxygens (including phenoxy) is 1. The molecule has 0 bridgehead atoms. The Morgan fingerprint density at radius 2 is 2.00 bits per heavy atom. The lowest BCUT2D eigenvalue weighted by molar-refractivity contribution is -0.121. The Balaban J connectivity index is 2.07. The Labute approximate surface area is 121 Å². The third kappa shape index (κ3) is 3.24. The molecule has 0 atom stereocenters. The maximum Gasteiger partial charge on any atom is 0.265 e. The van der Waals surface area contributed by atoms with Crippen molar-refractivity contribution in [2.75, 3.05) is 14.2 Å². The number of hydrogen-bond donors (Lipinski definition) is 0. The molecule has 1 aromatic carbocycles. The quantitative estimate of drug-likeness (QED) is 0.632. The van der Waals surface area contributed by atoms with Crippen molar-refractivity contribution in [1.82, 2.24) is 4.90 Å². The standard InChI is InChI=1S/C14H13NO2S2/c1-15-13(16)12(19-14(15)18)5-3-4-10-6-8-11(17-2)9-7-10/h3-9H,1-2H3. The van der Waals surface area contributed by atoms with E-state index in [0.29, 0.717) is 9.23 Å². The normalized spacial score (nSPS) is 17.8. The first-order valence-electron chi connectivity index (χ1n) is 5.64. The number of likely N-dealkylation sites (N-methyl/N-ethyl adjacent to an activating group) is 1. The van der Waals surface area contributed by atoms with Gasteiger partial charge in [-0.1, -0.05) is 48.3 Å². The second-order valence-corrected chi connectivity index (χ2v) is 5.57. The predicted molar refractivity (Wildman–Crippen MR) is 83.1 cm³/mol. The molecular weight excluding hydrogens is 278 g/mol. The SMILES string of the molecule is COc1ccc(C=CC=C2SC(=S)N(C)C2=O)cc1. The summed E-state index contributed by atoms with van der Waals surface area (Å²) in [6.45, 7) is 0. The number of allylic oxidation sites excluding steroid dienone is 2. The van der Waals surface area contributed by atoms with Crippen molar-refractivity contribution in [2.24, 2.45) is 0 Å². The van der Waals surface area contributed by atoms with E-state index in [2.05, 4.69) is 0 Å². The van der Waals surface area contributed by atoms with Gasteiger partial charge in [-0.05, 0) is 23.8 Å². The van der Waals surface area contributed by atoms with Gasteiger partial charge in [-0.25, -0.2) is 0 Å². The van der Waals surface area contributed by atoms with Crippen LogP contribution in [0.25, 0.3) is 6.08 Å². The monoisotopic (exact) mass is 291 g/mol. The molecule has 0 unspecified atom stereocenters. The van der Waals surface area contributed by atoms with Gasteiger partial charge >= 0.3 is 0 Å². The molecule has 1 aromatic rings. The first-order valence-corrected chi connectivity index (χ1v) is 6.86. The summed E-state index contributed by atoms with van der Waals surface area (Å²) in [4.78, 5) is 13.9. The third-order valence-electron chi connectivity index (χ3n) is 2.64. The van der Waals surface area contributed by atoms with E-state index >= 15 is 0 Å². The van der Waals surface area contributed by atoms with E-state index in [0.717, 1.165) is 11.3 Å². The molecule has 0 saturated carbocycles. The summed E-state index contributed by atoms with van der Waals surface area (Å²) < 4.78 is 5.68. The average Bonchev–Trinajstić information content (AvgIpc) is 2.67. The van der Waals surface area contributed by atoms with Gasteiger partial charge in [0.25, 0.3) is 5.91 Å². The van der Waals surface area contributed by atoms with Crippen LogP contribution in [0.3, 0.4) is 0 Å². The zero-order chi connectivity index (χ0) is 13.8. The van der Waals surface area contributed by atoms with Gasteiger partial charge < -0.3 is 4.74 Å². The molecule has 98 valence electrons. The minimum Gasteiger partial charge on any atom is -0.497 e. The summed E-state index contributed by atoms with van der Waals surface area (Å²) in [5.41, 5.74) is 1.05. The zero-order valence-electron chi connectivity index (χ0n) is 10.6. The highest BCUT2D eigenvalue weighted by Crippen LogP contribution is 2.29. The fourth-order valence-corrected chi connectivity index (χ4v) is 2.65. The molecule has 1 fully saturated rings. The van der Waals surface area contributed by atoms with E-state index in [-0.39, 0.29) is 5.91 Å². The molecule has 1 aliphatic rings. The second-order valence-electron chi connectivity index (χ2n) is 3.90. The number of amides is 1. The van der Waals surface area contributed by atoms with E-state index in [9.17, 15) is 4.79 Å². The summed E-state index contributed by atoms with van der Waals surface area (Å²) >= 11 is 6.38. The number of thioether (sulfide) groups is 1. The molecular formula is C14H13NO2S2. The number of methoxy groups -OCH3 is 1. The molecule has 0 aliphatic carbocycles. The molecule has 1 heterocycles. The Hall–Kier alpha value is -1.59. The van der Waals surface area contributed by atoms with Crippen LogP contribution in [0.1, 0.15) is 5.56 Å². The second kappa shape index (κ2) is 6.04. The molecule has 19 heavy (non-hydrogen) atoms. The molecule has 0 spiro atoms. The van der Waals surface area contributed by atoms with Crippen LogP contribution in [0.15, 0.2) is 41.3 Å². The number of hydrogen-bond acceptors (Lipinski definition) is 4. The minimum atomic E-state index is -0.0469. The van der Waals surface area contributed by atoms with Gasteiger partial charge in [-0.3, -0.25) is 9.69 Å². The summed E-state index contributed by atoms with van der Waals surface area (Å²) in [6, 6.07) is 7.69. The summed E-state index contributed by atoms with van der Waals surface area (Å²) in [5.74, 6) is 0.776. The first kappa shape index (κ1) is 13.8. The largest absolute Gasteiger partial charge is 0.497 e. The van der Waals surface area contributed by atoms with Crippen molar-refractivity contribution < 1.29 is 9.53 Å². The van der Waals surface area contributed by atoms with Crippen molar-refractivity contribution in [3.05, 3.63) is 46.9 Å². The highest BCUT2D eigenvalue weighted by molar-refractivity contribution is 8.26. The van der Waals surface area contributed by atoms with Crippen LogP contribution in [0.4, 0.5) is 0 Å². The molecule has 2 rings (SSSR count). The van der Waals surface area contributed by atoms with Gasteiger partial charge in [0, 0.05) is 7.05 Å². The summed E-state index contributed by atoms with van der Waals surface area (Å²) in [6.07, 6.45) is 5.57. The maximum absolute atomic E-state index is 11.7. The maximum atomic E-state index is 11.7. The van der Waals surface area contributed by atoms with Gasteiger partial charge in [0.1, 0.15) is 10.1 Å². The molecule has 0 aromatic heterocycles. The molecule has 1 aliphatic heterocycles. The molecule has 1 saturated heterocycles. The number of carbonyl (C=O) groups is 1. The lowest BCUT2D eigenvalue weighted by Gasteiger charge is -2.03. The van der Waals surface area contributed by atoms with Gasteiger partial charge in [-0.15, -0.1) is 0 Å². The van der Waals surface area contributed by atoms with Crippen molar-refractivity contribution in [1.29, 1.82) is 0 Å². The van der Waals surface area contributed by atoms with Crippen LogP contribution in [0, 0.1) is 0 Å². The van der Waals surface area contributed by atoms with Gasteiger partial charge in [0.15, 0.2) is 0 Å². The highest BCUT2D eigenvalue weighted by Gasteiger charge is 2.27. The lowest BCUT2D eigenvalue weighted by atomic mass is 10.2. The minimum absolute atomic E-state index is 0.0469. The number of thiocarbonyl (C=S) groups is 1. The van der Waals surface area contributed by atoms with E-state index in [4.69, 9.17) is 17.0 Å². The van der Waals surface area contributed by atoms with Crippen LogP contribution in [0.5, 0.6) is 5.75 Å². The van der Waals surface area contributed by atoms with Crippen LogP contribution in [-0.2, 0) is 4.79 Å². The third-order valence-corrected chi connectivity index (χ3v) is 4.14. The molecule has 0 radical (unpaired) electrons. The average molecular weight is 291 g/mol. The van der Waals surface area contributed by atoms with E-state index < -0.39 is 0 Å². The van der Waals surface area contributed by atoms with Crippen LogP contribution in [0.2, 0.25) is 0 Å². The Bertz CT molecular complexity index is 561. The molecule has 1 amide bonds. The number of rotatable bonds is 3. The number of benzene rings is 1. The van der Waals surface area contributed by atoms with Gasteiger partial charge in [-0.2, -0.15) is 0 Å². The fourth-order valence-electron chi connectivity index (χ4n) is 1.52. The van der Waals surface area contributed by atoms with Crippen molar-refractivity contribution >= 4 is 40.3 Å². The Morgan fingerprint density at radius 1 is 1.32 bits per heavy atom. The van der Waals surface area contributed by atoms with Gasteiger partial charge in [0.2, 0.25) is 0 Å². The molecule has 3 nitrogen and oxygen atoms in total. The lowest BCUT2D eigenvalue weighted by Crippen LogP contribution is -2.22. The van der Waals surface area contributed by atoms with Crippen LogP contribution < -0.4 is 4.74 Å². The Kier molecular flexibility index (Phi) is 4.39. The van der Waals surface area contributed by atoms with Crippen molar-refractivity contribution in [3.8, 4) is 5.75 Å². The zero-order valence-corrected chi connectivity index (χ0v) is 12.3. The Morgan fingerprint density at radius 3 is 2.53 bits per heavy atom. The molecule has 5 heteroatoms. The summed E-state index contributed by atoms with van der Waals surface area (Å²) in [5, 5.41) is 0. The van der Waals surface area contributed by atoms with Crippen molar-refractivity contribution in [2.45, 2.75) is 0 Å². The van der Waals surface area contributed by atoms with E-state index in [1.165, 1.54) is 16.7 Å². The smallest absolute Gasteiger partial charge is 0.265 e. The van der Waals surface area contributed by atoms with Crippen molar-refractivity contribution in [3.63, 3.8) is 0 Å². The fraction of sp³-hybridized carbons (Fsp3) is 0.143. The highest BCUT2D eigenvalue weighted by atomic mass is 32.2. The van der Waals surface area contributed by atoms with Crippen LogP contribution in [-0.4, -0.2) is 29.3 Å². The van der Waals surface area contributed by atoms with Gasteiger partial charge in [0.05, 0.1) is 12.0 Å². The first-order chi connectivity index (χ1) is 9.11. The topological polar surface area (TPSA) is 29.5 Å². The predicted octanol–water partition coefficient (Wildman–Crippen LogP) is 3.08. The van der Waals surface area contributed by atoms with Crippen LogP contribution >= 0.6 is 24.0 Å². The molecule has 0 N–H and O–H groups in total. The number of carbonyl (C=O) groups excluding carboxylic acids is 1. The van der Waals surface area contributed by atoms with E-state index in [1.54, 1.807) is 20.2 Å². The number of nitrogens with zero attached hydrogens (tertiary/aromatic N) is 1. The summed E-state index contributed by atoms with van der Waals surface area (Å²) in [7, 11) is 3.32. The van der Waals surface area contributed by atoms with E-state index in [1.807, 2.05) is 36.4 Å².